The molecule has 106 valence electrons. The van der Waals surface area contributed by atoms with Crippen molar-refractivity contribution in [3.63, 3.8) is 0 Å². The van der Waals surface area contributed by atoms with E-state index in [4.69, 9.17) is 17.1 Å². The zero-order chi connectivity index (χ0) is 21.4. The number of ether oxygens (including phenoxy) is 1. The smallest absolute Gasteiger partial charge is 0.253 e. The predicted octanol–water partition coefficient (Wildman–Crippen LogP) is 3.22. The lowest BCUT2D eigenvalue weighted by molar-refractivity contribution is 0.294. The van der Waals surface area contributed by atoms with Crippen molar-refractivity contribution in [3.05, 3.63) is 11.8 Å². The van der Waals surface area contributed by atoms with Crippen LogP contribution in [0.15, 0.2) is 6.08 Å². The Labute approximate surface area is 132 Å². The molecule has 1 aliphatic heterocycles. The van der Waals surface area contributed by atoms with E-state index in [1.54, 1.807) is 13.0 Å². The molecule has 1 aromatic rings. The van der Waals surface area contributed by atoms with Gasteiger partial charge in [-0.2, -0.15) is 4.37 Å². The fraction of sp³-hybridized carbons (Fsp3) is 0.714. The van der Waals surface area contributed by atoms with Gasteiger partial charge in [0.2, 0.25) is 0 Å². The van der Waals surface area contributed by atoms with Gasteiger partial charge in [-0.25, -0.2) is 0 Å². The molecule has 0 unspecified atom stereocenters. The van der Waals surface area contributed by atoms with Gasteiger partial charge < -0.3 is 9.64 Å². The summed E-state index contributed by atoms with van der Waals surface area (Å²) in [6.07, 6.45) is -3.03. The number of nitrogens with zero attached hydrogens (tertiary/aromatic N) is 3. The van der Waals surface area contributed by atoms with Crippen molar-refractivity contribution >= 4 is 17.3 Å². The second kappa shape index (κ2) is 7.60. The summed E-state index contributed by atoms with van der Waals surface area (Å²) in [5.74, 6) is -0.273. The Morgan fingerprint density at radius 3 is 3.32 bits per heavy atom. The van der Waals surface area contributed by atoms with E-state index in [0.717, 1.165) is 11.7 Å². The van der Waals surface area contributed by atoms with Crippen molar-refractivity contribution < 1.29 is 17.1 Å². The highest BCUT2D eigenvalue weighted by atomic mass is 32.1. The summed E-state index contributed by atoms with van der Waals surface area (Å²) in [6, 6.07) is 0. The van der Waals surface area contributed by atoms with Gasteiger partial charge in [-0.15, -0.1) is 4.37 Å². The van der Waals surface area contributed by atoms with Crippen LogP contribution in [-0.4, -0.2) is 40.3 Å². The van der Waals surface area contributed by atoms with Gasteiger partial charge in [0.1, 0.15) is 5.69 Å². The molecule has 0 bridgehead atoms. The minimum Gasteiger partial charge on any atom is -0.475 e. The Morgan fingerprint density at radius 2 is 2.47 bits per heavy atom. The molecule has 0 spiro atoms. The molecule has 0 aliphatic carbocycles. The van der Waals surface area contributed by atoms with Crippen LogP contribution in [0.25, 0.3) is 5.57 Å². The zero-order valence-electron chi connectivity index (χ0n) is 19.8. The van der Waals surface area contributed by atoms with E-state index >= 15 is 0 Å². The molecule has 4 nitrogen and oxygen atoms in total. The Kier molecular flexibility index (Phi) is 2.67. The van der Waals surface area contributed by atoms with Gasteiger partial charge in [0.25, 0.3) is 5.88 Å². The fourth-order valence-corrected chi connectivity index (χ4v) is 2.17. The van der Waals surface area contributed by atoms with E-state index in [2.05, 4.69) is 8.75 Å². The first-order valence-corrected chi connectivity index (χ1v) is 6.92. The van der Waals surface area contributed by atoms with Crippen LogP contribution in [-0.2, 0) is 0 Å². The number of hydrogen-bond donors (Lipinski definition) is 0. The lowest BCUT2D eigenvalue weighted by Gasteiger charge is -2.22. The van der Waals surface area contributed by atoms with E-state index in [1.807, 2.05) is 0 Å². The van der Waals surface area contributed by atoms with Gasteiger partial charge in [0.05, 0.1) is 21.0 Å². The molecule has 5 heteroatoms. The quantitative estimate of drug-likeness (QED) is 0.773. The number of rotatable bonds is 7. The van der Waals surface area contributed by atoms with E-state index in [0.29, 0.717) is 25.0 Å². The second-order valence-electron chi connectivity index (χ2n) is 4.11. The molecule has 0 amide bonds. The van der Waals surface area contributed by atoms with Gasteiger partial charge in [0, 0.05) is 22.7 Å². The van der Waals surface area contributed by atoms with E-state index in [9.17, 15) is 0 Å². The fourth-order valence-electron chi connectivity index (χ4n) is 1.66. The third-order valence-corrected chi connectivity index (χ3v) is 3.09. The van der Waals surface area contributed by atoms with Crippen molar-refractivity contribution in [2.24, 2.45) is 0 Å². The maximum absolute atomic E-state index is 8.04. The van der Waals surface area contributed by atoms with Crippen molar-refractivity contribution in [1.82, 2.24) is 13.6 Å². The molecule has 0 fully saturated rings. The molecule has 19 heavy (non-hydrogen) atoms. The van der Waals surface area contributed by atoms with Crippen molar-refractivity contribution in [1.29, 1.82) is 0 Å². The first-order valence-electron chi connectivity index (χ1n) is 10.7. The Bertz CT molecular complexity index is 717. The topological polar surface area (TPSA) is 38.2 Å². The number of aromatic nitrogens is 2. The summed E-state index contributed by atoms with van der Waals surface area (Å²) in [5.41, 5.74) is 0.647. The average Bonchev–Trinajstić information content (AvgIpc) is 3.01. The normalized spacial score (nSPS) is 26.4. The minimum absolute atomic E-state index is 0.0465. The summed E-state index contributed by atoms with van der Waals surface area (Å²) in [5, 5.41) is 0. The molecule has 1 aromatic heterocycles. The second-order valence-corrected chi connectivity index (χ2v) is 4.64. The number of hydrogen-bond acceptors (Lipinski definition) is 5. The summed E-state index contributed by atoms with van der Waals surface area (Å²) in [7, 11) is 0. The maximum Gasteiger partial charge on any atom is 0.253 e. The van der Waals surface area contributed by atoms with Gasteiger partial charge in [-0.1, -0.05) is 32.2 Å². The highest BCUT2D eigenvalue weighted by Crippen LogP contribution is 2.27. The van der Waals surface area contributed by atoms with Crippen molar-refractivity contribution in [3.8, 4) is 5.88 Å². The lowest BCUT2D eigenvalue weighted by Crippen LogP contribution is -2.25. The number of likely N-dealkylation sites (N-methyl/N-ethyl adjacent to an activating group) is 1. The SMILES string of the molecule is [2H]C([2H])([2H])N1CCC=C(c2nsnc2OC([2H])([2H])C([2H])([2H])C([2H])([2H])CCC)C1. The van der Waals surface area contributed by atoms with Gasteiger partial charge in [-0.3, -0.25) is 0 Å². The summed E-state index contributed by atoms with van der Waals surface area (Å²) in [6.45, 7) is -3.24. The first kappa shape index (κ1) is 6.68. The molecule has 0 N–H and O–H groups in total. The average molecular weight is 290 g/mol. The van der Waals surface area contributed by atoms with Crippen LogP contribution >= 0.6 is 11.7 Å². The molecule has 0 radical (unpaired) electrons. The third kappa shape index (κ3) is 4.28. The van der Waals surface area contributed by atoms with Crippen LogP contribution in [0.2, 0.25) is 0 Å². The molecule has 0 atom stereocenters. The molecular formula is C14H23N3OS. The minimum atomic E-state index is -3.02. The predicted molar refractivity (Wildman–Crippen MR) is 79.6 cm³/mol. The van der Waals surface area contributed by atoms with Crippen LogP contribution in [0.3, 0.4) is 0 Å². The van der Waals surface area contributed by atoms with Crippen LogP contribution in [0, 0.1) is 0 Å². The lowest BCUT2D eigenvalue weighted by atomic mass is 10.1. The summed E-state index contributed by atoms with van der Waals surface area (Å²) < 4.78 is 83.7. The maximum atomic E-state index is 8.04. The Hall–Kier alpha value is -0.940. The van der Waals surface area contributed by atoms with Crippen molar-refractivity contribution in [2.75, 3.05) is 26.6 Å². The van der Waals surface area contributed by atoms with E-state index in [1.165, 1.54) is 4.90 Å². The molecule has 0 aromatic carbocycles. The Morgan fingerprint density at radius 1 is 1.53 bits per heavy atom. The van der Waals surface area contributed by atoms with Crippen LogP contribution in [0.1, 0.15) is 57.0 Å². The zero-order valence-corrected chi connectivity index (χ0v) is 11.6. The van der Waals surface area contributed by atoms with Crippen LogP contribution in [0.4, 0.5) is 0 Å². The molecular weight excluding hydrogens is 258 g/mol. The molecule has 0 saturated heterocycles. The standard InChI is InChI=1S/C14H23N3OS/c1-3-4-5-6-10-18-14-13(15-19-16-14)12-8-7-9-17(2)11-12/h8H,3-7,9-11H2,1-2H3/i2D3,5D2,6D2,10D2. The highest BCUT2D eigenvalue weighted by Gasteiger charge is 2.18. The first-order chi connectivity index (χ1) is 12.7. The van der Waals surface area contributed by atoms with Gasteiger partial charge in [0.15, 0.2) is 0 Å². The van der Waals surface area contributed by atoms with Gasteiger partial charge in [-0.05, 0) is 25.3 Å². The molecule has 2 heterocycles. The molecule has 1 aliphatic rings. The van der Waals surface area contributed by atoms with Crippen LogP contribution in [0.5, 0.6) is 5.88 Å². The van der Waals surface area contributed by atoms with E-state index < -0.39 is 26.3 Å². The largest absolute Gasteiger partial charge is 0.475 e. The Balaban J connectivity index is 2.28. The monoisotopic (exact) mass is 290 g/mol. The van der Waals surface area contributed by atoms with E-state index in [-0.39, 0.29) is 24.5 Å². The third-order valence-electron chi connectivity index (χ3n) is 2.58. The van der Waals surface area contributed by atoms with Gasteiger partial charge >= 0.3 is 0 Å². The highest BCUT2D eigenvalue weighted by molar-refractivity contribution is 6.99. The summed E-state index contributed by atoms with van der Waals surface area (Å²) in [4.78, 5) is 1.28. The molecule has 2 rings (SSSR count). The van der Waals surface area contributed by atoms with Crippen molar-refractivity contribution in [2.45, 2.75) is 38.9 Å². The molecule has 0 saturated carbocycles. The summed E-state index contributed by atoms with van der Waals surface area (Å²) >= 11 is 0.730. The van der Waals surface area contributed by atoms with Crippen LogP contribution < -0.4 is 4.74 Å².